The molecule has 0 atom stereocenters. The third kappa shape index (κ3) is 3.79. The highest BCUT2D eigenvalue weighted by Crippen LogP contribution is 2.38. The van der Waals surface area contributed by atoms with Crippen LogP contribution in [0.2, 0.25) is 18.1 Å². The molecule has 0 aliphatic carbocycles. The Morgan fingerprint density at radius 1 is 1.35 bits per heavy atom. The van der Waals surface area contributed by atoms with E-state index in [0.717, 1.165) is 13.1 Å². The van der Waals surface area contributed by atoms with Gasteiger partial charge in [-0.15, -0.1) is 0 Å². The second kappa shape index (κ2) is 5.08. The van der Waals surface area contributed by atoms with Crippen LogP contribution in [0.4, 0.5) is 0 Å². The molecule has 4 nitrogen and oxygen atoms in total. The number of carbonyl (C=O) groups is 1. The number of nitrogens with zero attached hydrogens (tertiary/aromatic N) is 1. The van der Waals surface area contributed by atoms with Crippen molar-refractivity contribution in [1.82, 2.24) is 4.90 Å². The highest BCUT2D eigenvalue weighted by molar-refractivity contribution is 6.74. The lowest BCUT2D eigenvalue weighted by molar-refractivity contribution is -0.144. The van der Waals surface area contributed by atoms with Crippen LogP contribution < -0.4 is 0 Å². The zero-order chi connectivity index (χ0) is 13.3. The molecule has 0 aromatic rings. The first-order chi connectivity index (χ1) is 7.65. The summed E-state index contributed by atoms with van der Waals surface area (Å²) in [7, 11) is -0.236. The molecule has 0 aromatic heterocycles. The zero-order valence-corrected chi connectivity index (χ0v) is 12.9. The van der Waals surface area contributed by atoms with Gasteiger partial charge < -0.3 is 9.16 Å². The maximum Gasteiger partial charge on any atom is 0.319 e. The average Bonchev–Trinajstić information content (AvgIpc) is 2.12. The Morgan fingerprint density at radius 3 is 2.29 bits per heavy atom. The van der Waals surface area contributed by atoms with Crippen molar-refractivity contribution in [2.75, 3.05) is 26.7 Å². The summed E-state index contributed by atoms with van der Waals surface area (Å²) in [4.78, 5) is 13.1. The Hall–Kier alpha value is -0.393. The molecule has 100 valence electrons. The molecule has 0 bridgehead atoms. The van der Waals surface area contributed by atoms with Gasteiger partial charge in [0.25, 0.3) is 0 Å². The topological polar surface area (TPSA) is 38.8 Å². The Labute approximate surface area is 105 Å². The van der Waals surface area contributed by atoms with Gasteiger partial charge in [0.2, 0.25) is 0 Å². The van der Waals surface area contributed by atoms with E-state index >= 15 is 0 Å². The minimum atomic E-state index is -1.66. The quantitative estimate of drug-likeness (QED) is 0.571. The molecular weight excluding hydrogens is 234 g/mol. The number of hydrogen-bond donors (Lipinski definition) is 0. The van der Waals surface area contributed by atoms with Crippen LogP contribution in [0.1, 0.15) is 20.8 Å². The summed E-state index contributed by atoms with van der Waals surface area (Å²) in [6, 6.07) is 0. The third-order valence-corrected chi connectivity index (χ3v) is 8.31. The number of ether oxygens (including phenoxy) is 1. The fraction of sp³-hybridized carbons (Fsp3) is 0.917. The van der Waals surface area contributed by atoms with Crippen molar-refractivity contribution in [3.05, 3.63) is 0 Å². The van der Waals surface area contributed by atoms with Gasteiger partial charge >= 0.3 is 5.97 Å². The van der Waals surface area contributed by atoms with Gasteiger partial charge in [-0.25, -0.2) is 0 Å². The SMILES string of the molecule is COC(=O)CN1CC(O[Si](C)(C)C(C)(C)C)C1. The minimum Gasteiger partial charge on any atom is -0.468 e. The van der Waals surface area contributed by atoms with Crippen LogP contribution in [0.15, 0.2) is 0 Å². The fourth-order valence-electron chi connectivity index (χ4n) is 1.57. The van der Waals surface area contributed by atoms with Crippen molar-refractivity contribution in [3.8, 4) is 0 Å². The largest absolute Gasteiger partial charge is 0.468 e. The summed E-state index contributed by atoms with van der Waals surface area (Å²) in [6.45, 7) is 13.3. The highest BCUT2D eigenvalue weighted by atomic mass is 28.4. The Bertz CT molecular complexity index is 280. The lowest BCUT2D eigenvalue weighted by atomic mass is 10.2. The Morgan fingerprint density at radius 2 is 1.88 bits per heavy atom. The minimum absolute atomic E-state index is 0.171. The van der Waals surface area contributed by atoms with E-state index in [0.29, 0.717) is 12.6 Å². The standard InChI is InChI=1S/C12H25NO3Si/c1-12(2,3)17(5,6)16-10-7-13(8-10)9-11(14)15-4/h10H,7-9H2,1-6H3. The maximum atomic E-state index is 11.1. The van der Waals surface area contributed by atoms with Gasteiger partial charge in [0, 0.05) is 13.1 Å². The van der Waals surface area contributed by atoms with Gasteiger partial charge in [-0.3, -0.25) is 9.69 Å². The second-order valence-corrected chi connectivity index (χ2v) is 11.0. The molecule has 0 N–H and O–H groups in total. The van der Waals surface area contributed by atoms with E-state index in [9.17, 15) is 4.79 Å². The van der Waals surface area contributed by atoms with E-state index in [1.54, 1.807) is 0 Å². The number of rotatable bonds is 4. The number of carbonyl (C=O) groups excluding carboxylic acids is 1. The molecule has 1 aliphatic heterocycles. The van der Waals surface area contributed by atoms with Crippen molar-refractivity contribution >= 4 is 14.3 Å². The van der Waals surface area contributed by atoms with E-state index in [1.165, 1.54) is 7.11 Å². The molecule has 1 saturated heterocycles. The molecule has 0 radical (unpaired) electrons. The highest BCUT2D eigenvalue weighted by Gasteiger charge is 2.42. The summed E-state index contributed by atoms with van der Waals surface area (Å²) in [5.74, 6) is -0.171. The number of likely N-dealkylation sites (tertiary alicyclic amines) is 1. The van der Waals surface area contributed by atoms with E-state index in [-0.39, 0.29) is 11.0 Å². The summed E-state index contributed by atoms with van der Waals surface area (Å²) in [5, 5.41) is 0.246. The van der Waals surface area contributed by atoms with Gasteiger partial charge in [0.15, 0.2) is 8.32 Å². The molecular formula is C12H25NO3Si. The van der Waals surface area contributed by atoms with Crippen molar-refractivity contribution < 1.29 is 14.0 Å². The predicted molar refractivity (Wildman–Crippen MR) is 70.5 cm³/mol. The van der Waals surface area contributed by atoms with Crippen LogP contribution in [0, 0.1) is 0 Å². The number of hydrogen-bond acceptors (Lipinski definition) is 4. The maximum absolute atomic E-state index is 11.1. The van der Waals surface area contributed by atoms with Crippen LogP contribution in [0.25, 0.3) is 0 Å². The molecule has 0 amide bonds. The van der Waals surface area contributed by atoms with E-state index in [4.69, 9.17) is 4.43 Å². The van der Waals surface area contributed by atoms with E-state index in [2.05, 4.69) is 43.5 Å². The Balaban J connectivity index is 2.32. The van der Waals surface area contributed by atoms with Gasteiger partial charge in [0.05, 0.1) is 19.8 Å². The monoisotopic (exact) mass is 259 g/mol. The van der Waals surface area contributed by atoms with Crippen molar-refractivity contribution in [2.45, 2.75) is 45.0 Å². The first-order valence-corrected chi connectivity index (χ1v) is 9.03. The van der Waals surface area contributed by atoms with Gasteiger partial charge in [-0.05, 0) is 18.1 Å². The first kappa shape index (κ1) is 14.7. The van der Waals surface area contributed by atoms with Crippen LogP contribution >= 0.6 is 0 Å². The summed E-state index contributed by atoms with van der Waals surface area (Å²) in [6.07, 6.45) is 0.292. The summed E-state index contributed by atoms with van der Waals surface area (Å²) >= 11 is 0. The molecule has 0 aromatic carbocycles. The molecule has 17 heavy (non-hydrogen) atoms. The van der Waals surface area contributed by atoms with Crippen LogP contribution in [0.5, 0.6) is 0 Å². The van der Waals surface area contributed by atoms with Crippen molar-refractivity contribution in [3.63, 3.8) is 0 Å². The second-order valence-electron chi connectivity index (χ2n) is 6.27. The van der Waals surface area contributed by atoms with E-state index < -0.39 is 8.32 Å². The number of esters is 1. The summed E-state index contributed by atoms with van der Waals surface area (Å²) in [5.41, 5.74) is 0. The average molecular weight is 259 g/mol. The van der Waals surface area contributed by atoms with Crippen LogP contribution in [0.3, 0.4) is 0 Å². The zero-order valence-electron chi connectivity index (χ0n) is 11.9. The predicted octanol–water partition coefficient (Wildman–Crippen LogP) is 1.87. The summed E-state index contributed by atoms with van der Waals surface area (Å²) < 4.78 is 10.9. The van der Waals surface area contributed by atoms with Gasteiger partial charge in [-0.1, -0.05) is 20.8 Å². The molecule has 1 heterocycles. The van der Waals surface area contributed by atoms with Gasteiger partial charge in [-0.2, -0.15) is 0 Å². The fourth-order valence-corrected chi connectivity index (χ4v) is 2.90. The van der Waals surface area contributed by atoms with Crippen LogP contribution in [-0.2, 0) is 14.0 Å². The first-order valence-electron chi connectivity index (χ1n) is 6.13. The molecule has 1 fully saturated rings. The van der Waals surface area contributed by atoms with E-state index in [1.807, 2.05) is 0 Å². The smallest absolute Gasteiger partial charge is 0.319 e. The number of methoxy groups -OCH3 is 1. The lowest BCUT2D eigenvalue weighted by Crippen LogP contribution is -2.58. The van der Waals surface area contributed by atoms with Crippen molar-refractivity contribution in [1.29, 1.82) is 0 Å². The van der Waals surface area contributed by atoms with Gasteiger partial charge in [0.1, 0.15) is 0 Å². The molecule has 5 heteroatoms. The molecule has 0 saturated carbocycles. The Kier molecular flexibility index (Phi) is 4.38. The molecule has 1 rings (SSSR count). The normalized spacial score (nSPS) is 18.9. The molecule has 1 aliphatic rings. The third-order valence-electron chi connectivity index (χ3n) is 3.77. The van der Waals surface area contributed by atoms with Crippen molar-refractivity contribution in [2.24, 2.45) is 0 Å². The molecule has 0 unspecified atom stereocenters. The molecule has 0 spiro atoms. The lowest BCUT2D eigenvalue weighted by Gasteiger charge is -2.46. The van der Waals surface area contributed by atoms with Crippen LogP contribution in [-0.4, -0.2) is 52.0 Å².